The van der Waals surface area contributed by atoms with Crippen LogP contribution in [0.15, 0.2) is 59.8 Å². The highest BCUT2D eigenvalue weighted by Gasteiger charge is 2.18. The van der Waals surface area contributed by atoms with E-state index in [-0.39, 0.29) is 11.5 Å². The maximum absolute atomic E-state index is 12.7. The Morgan fingerprint density at radius 2 is 1.84 bits per heavy atom. The van der Waals surface area contributed by atoms with Crippen molar-refractivity contribution >= 4 is 17.5 Å². The molecule has 3 aromatic rings. The van der Waals surface area contributed by atoms with E-state index in [1.165, 1.54) is 23.5 Å². The summed E-state index contributed by atoms with van der Waals surface area (Å²) in [5.74, 6) is 0.269. The number of carbonyl (C=O) groups excluding carboxylic acids is 1. The molecule has 0 spiro atoms. The number of carbonyl (C=O) groups is 1. The van der Waals surface area contributed by atoms with E-state index in [0.717, 1.165) is 21.8 Å². The summed E-state index contributed by atoms with van der Waals surface area (Å²) in [7, 11) is 0. The van der Waals surface area contributed by atoms with Crippen LogP contribution in [0.5, 0.6) is 0 Å². The Labute approximate surface area is 151 Å². The van der Waals surface area contributed by atoms with Gasteiger partial charge in [0.05, 0.1) is 5.75 Å². The molecule has 0 bridgehead atoms. The monoisotopic (exact) mass is 352 g/mol. The minimum atomic E-state index is 0.0281. The van der Waals surface area contributed by atoms with E-state index >= 15 is 0 Å². The Hall–Kier alpha value is -2.53. The predicted molar refractivity (Wildman–Crippen MR) is 100 cm³/mol. The van der Waals surface area contributed by atoms with Crippen LogP contribution in [0.25, 0.3) is 5.69 Å². The summed E-state index contributed by atoms with van der Waals surface area (Å²) in [5, 5.41) is 12.2. The van der Waals surface area contributed by atoms with E-state index < -0.39 is 0 Å². The van der Waals surface area contributed by atoms with Gasteiger partial charge in [-0.2, -0.15) is 4.73 Å². The van der Waals surface area contributed by atoms with Crippen LogP contribution in [0.3, 0.4) is 0 Å². The van der Waals surface area contributed by atoms with Gasteiger partial charge in [0, 0.05) is 34.8 Å². The van der Waals surface area contributed by atoms with Gasteiger partial charge in [-0.3, -0.25) is 4.79 Å². The van der Waals surface area contributed by atoms with Crippen molar-refractivity contribution in [3.63, 3.8) is 0 Å². The molecule has 4 nitrogen and oxygen atoms in total. The summed E-state index contributed by atoms with van der Waals surface area (Å²) in [6.07, 6.45) is 1.44. The molecular weight excluding hydrogens is 332 g/mol. The van der Waals surface area contributed by atoms with Crippen molar-refractivity contribution in [2.75, 3.05) is 5.75 Å². The molecule has 0 amide bonds. The van der Waals surface area contributed by atoms with E-state index in [1.807, 2.05) is 19.9 Å². The molecule has 2 aromatic heterocycles. The van der Waals surface area contributed by atoms with Crippen LogP contribution in [0.4, 0.5) is 0 Å². The lowest BCUT2D eigenvalue weighted by molar-refractivity contribution is -0.645. The molecule has 0 radical (unpaired) electrons. The van der Waals surface area contributed by atoms with Crippen molar-refractivity contribution < 1.29 is 9.52 Å². The molecule has 0 saturated carbocycles. The number of aryl methyl sites for hydroxylation is 2. The quantitative estimate of drug-likeness (QED) is 0.302. The largest absolute Gasteiger partial charge is 0.618 e. The van der Waals surface area contributed by atoms with Crippen LogP contribution >= 0.6 is 11.8 Å². The first-order chi connectivity index (χ1) is 12.0. The molecule has 0 aliphatic heterocycles. The molecule has 0 aliphatic rings. The van der Waals surface area contributed by atoms with Crippen molar-refractivity contribution in [2.24, 2.45) is 0 Å². The highest BCUT2D eigenvalue weighted by Crippen LogP contribution is 2.23. The zero-order chi connectivity index (χ0) is 18.0. The van der Waals surface area contributed by atoms with E-state index in [9.17, 15) is 10.0 Å². The molecular formula is C20H20N2O2S. The summed E-state index contributed by atoms with van der Waals surface area (Å²) in [6.45, 7) is 6.01. The van der Waals surface area contributed by atoms with Crippen LogP contribution in [0.1, 0.15) is 27.3 Å². The van der Waals surface area contributed by atoms with Gasteiger partial charge in [-0.05, 0) is 56.8 Å². The van der Waals surface area contributed by atoms with Gasteiger partial charge >= 0.3 is 0 Å². The second-order valence-corrected chi connectivity index (χ2v) is 7.03. The number of ketones is 1. The molecule has 128 valence electrons. The van der Waals surface area contributed by atoms with Crippen molar-refractivity contribution in [1.29, 1.82) is 0 Å². The van der Waals surface area contributed by atoms with Crippen LogP contribution in [0, 0.1) is 26.0 Å². The molecule has 0 atom stereocenters. The molecule has 0 aliphatic carbocycles. The van der Waals surface area contributed by atoms with Gasteiger partial charge in [-0.25, -0.2) is 0 Å². The van der Waals surface area contributed by atoms with E-state index in [1.54, 1.807) is 18.2 Å². The smallest absolute Gasteiger partial charge is 0.251 e. The summed E-state index contributed by atoms with van der Waals surface area (Å²) < 4.78 is 2.88. The lowest BCUT2D eigenvalue weighted by atomic mass is 10.2. The topological polar surface area (TPSA) is 48.9 Å². The number of pyridine rings is 1. The van der Waals surface area contributed by atoms with E-state index in [2.05, 4.69) is 35.8 Å². The molecule has 0 unspecified atom stereocenters. The minimum absolute atomic E-state index is 0.0281. The van der Waals surface area contributed by atoms with Gasteiger partial charge in [-0.1, -0.05) is 17.7 Å². The number of Topliss-reactive ketones (excluding diaryl/α,β-unsaturated/α-hetero) is 1. The van der Waals surface area contributed by atoms with Crippen molar-refractivity contribution in [2.45, 2.75) is 25.8 Å². The summed E-state index contributed by atoms with van der Waals surface area (Å²) in [4.78, 5) is 12.7. The Morgan fingerprint density at radius 3 is 2.52 bits per heavy atom. The zero-order valence-electron chi connectivity index (χ0n) is 14.5. The number of hydrogen-bond acceptors (Lipinski definition) is 3. The van der Waals surface area contributed by atoms with Gasteiger partial charge in [0.25, 0.3) is 5.03 Å². The number of thioether (sulfide) groups is 1. The van der Waals surface area contributed by atoms with Crippen molar-refractivity contribution in [3.05, 3.63) is 82.4 Å². The zero-order valence-corrected chi connectivity index (χ0v) is 15.3. The first-order valence-electron chi connectivity index (χ1n) is 8.07. The Kier molecular flexibility index (Phi) is 4.95. The fourth-order valence-electron chi connectivity index (χ4n) is 2.88. The SMILES string of the molecule is Cc1ccc(-n2c(C)cc(C(=O)CSc3cccc[n+]3[O-])c2C)cc1. The number of rotatable bonds is 5. The molecule has 3 rings (SSSR count). The van der Waals surface area contributed by atoms with Gasteiger partial charge < -0.3 is 9.77 Å². The van der Waals surface area contributed by atoms with Crippen LogP contribution in [0.2, 0.25) is 0 Å². The van der Waals surface area contributed by atoms with Gasteiger partial charge in [-0.15, -0.1) is 0 Å². The van der Waals surface area contributed by atoms with E-state index in [0.29, 0.717) is 10.6 Å². The third-order valence-corrected chi connectivity index (χ3v) is 5.18. The number of aromatic nitrogens is 2. The fraction of sp³-hybridized carbons (Fsp3) is 0.200. The molecule has 0 fully saturated rings. The molecule has 25 heavy (non-hydrogen) atoms. The molecule has 2 heterocycles. The number of nitrogens with zero attached hydrogens (tertiary/aromatic N) is 2. The summed E-state index contributed by atoms with van der Waals surface area (Å²) >= 11 is 1.26. The molecule has 1 aromatic carbocycles. The number of benzene rings is 1. The highest BCUT2D eigenvalue weighted by molar-refractivity contribution is 7.99. The van der Waals surface area contributed by atoms with Crippen LogP contribution < -0.4 is 4.73 Å². The predicted octanol–water partition coefficient (Wildman–Crippen LogP) is 4.01. The maximum Gasteiger partial charge on any atom is 0.251 e. The molecule has 0 N–H and O–H groups in total. The first-order valence-corrected chi connectivity index (χ1v) is 9.06. The molecule has 5 heteroatoms. The average molecular weight is 352 g/mol. The summed E-state index contributed by atoms with van der Waals surface area (Å²) in [6, 6.07) is 15.4. The number of hydrogen-bond donors (Lipinski definition) is 0. The average Bonchev–Trinajstić information content (AvgIpc) is 2.89. The van der Waals surface area contributed by atoms with Crippen molar-refractivity contribution in [3.8, 4) is 5.69 Å². The lowest BCUT2D eigenvalue weighted by Gasteiger charge is -2.10. The van der Waals surface area contributed by atoms with Gasteiger partial charge in [0.1, 0.15) is 0 Å². The second kappa shape index (κ2) is 7.15. The first kappa shape index (κ1) is 17.3. The standard InChI is InChI=1S/C20H20N2O2S/c1-14-7-9-17(10-8-14)22-15(2)12-18(16(22)3)19(23)13-25-20-6-4-5-11-21(20)24/h4-12H,13H2,1-3H3. The third kappa shape index (κ3) is 3.61. The van der Waals surface area contributed by atoms with Gasteiger partial charge in [0.2, 0.25) is 0 Å². The van der Waals surface area contributed by atoms with Crippen molar-refractivity contribution in [1.82, 2.24) is 4.57 Å². The normalized spacial score (nSPS) is 10.8. The third-order valence-electron chi connectivity index (χ3n) is 4.16. The Bertz CT molecular complexity index is 914. The van der Waals surface area contributed by atoms with Crippen LogP contribution in [-0.4, -0.2) is 16.1 Å². The van der Waals surface area contributed by atoms with E-state index in [4.69, 9.17) is 0 Å². The van der Waals surface area contributed by atoms with Gasteiger partial charge in [0.15, 0.2) is 12.0 Å². The molecule has 0 saturated heterocycles. The fourth-order valence-corrected chi connectivity index (χ4v) is 3.68. The second-order valence-electron chi connectivity index (χ2n) is 6.03. The Morgan fingerprint density at radius 1 is 1.12 bits per heavy atom. The highest BCUT2D eigenvalue weighted by atomic mass is 32.2. The summed E-state index contributed by atoms with van der Waals surface area (Å²) in [5.41, 5.74) is 4.91. The Balaban J connectivity index is 1.83. The minimum Gasteiger partial charge on any atom is -0.618 e. The maximum atomic E-state index is 12.7. The lowest BCUT2D eigenvalue weighted by Crippen LogP contribution is -2.28. The van der Waals surface area contributed by atoms with Crippen LogP contribution in [-0.2, 0) is 0 Å².